The fourth-order valence-electron chi connectivity index (χ4n) is 2.39. The number of aliphatic hydroxyl groups is 2. The van der Waals surface area contributed by atoms with E-state index in [9.17, 15) is 15.0 Å². The van der Waals surface area contributed by atoms with Crippen molar-refractivity contribution < 1.29 is 15.0 Å². The summed E-state index contributed by atoms with van der Waals surface area (Å²) >= 11 is 3.43. The molecule has 20 heavy (non-hydrogen) atoms. The molecule has 0 spiro atoms. The Balaban J connectivity index is 1.99. The first-order valence-electron chi connectivity index (χ1n) is 6.84. The number of amides is 1. The van der Waals surface area contributed by atoms with E-state index in [2.05, 4.69) is 21.2 Å². The molecule has 2 atom stereocenters. The highest BCUT2D eigenvalue weighted by Gasteiger charge is 2.45. The summed E-state index contributed by atoms with van der Waals surface area (Å²) in [5, 5.41) is 21.5. The molecule has 5 heteroatoms. The first-order valence-corrected chi connectivity index (χ1v) is 7.63. The van der Waals surface area contributed by atoms with Crippen LogP contribution in [0.3, 0.4) is 0 Å². The summed E-state index contributed by atoms with van der Waals surface area (Å²) in [6, 6.07) is 7.97. The zero-order chi connectivity index (χ0) is 14.8. The molecule has 1 aromatic carbocycles. The highest BCUT2D eigenvalue weighted by molar-refractivity contribution is 9.10. The molecule has 0 heterocycles. The number of hydrogen-bond donors (Lipinski definition) is 3. The Bertz CT molecular complexity index is 479. The van der Waals surface area contributed by atoms with Crippen LogP contribution >= 0.6 is 15.9 Å². The van der Waals surface area contributed by atoms with Crippen LogP contribution in [0.2, 0.25) is 0 Å². The number of hydrogen-bond acceptors (Lipinski definition) is 3. The smallest absolute Gasteiger partial charge is 0.224 e. The highest BCUT2D eigenvalue weighted by Crippen LogP contribution is 2.48. The number of carbonyl (C=O) groups is 1. The van der Waals surface area contributed by atoms with Gasteiger partial charge in [-0.1, -0.05) is 35.0 Å². The Hall–Kier alpha value is -0.910. The van der Waals surface area contributed by atoms with Crippen molar-refractivity contribution in [3.8, 4) is 0 Å². The first-order chi connectivity index (χ1) is 9.55. The van der Waals surface area contributed by atoms with E-state index >= 15 is 0 Å². The van der Waals surface area contributed by atoms with Gasteiger partial charge in [-0.05, 0) is 36.5 Å². The molecule has 0 aromatic heterocycles. The summed E-state index contributed by atoms with van der Waals surface area (Å²) in [5.74, 6) is 0.0905. The van der Waals surface area contributed by atoms with E-state index in [1.54, 1.807) is 0 Å². The van der Waals surface area contributed by atoms with E-state index in [1.165, 1.54) is 0 Å². The maximum Gasteiger partial charge on any atom is 0.224 e. The molecule has 0 aliphatic heterocycles. The van der Waals surface area contributed by atoms with Crippen LogP contribution in [0, 0.1) is 5.92 Å². The average Bonchev–Trinajstić information content (AvgIpc) is 3.25. The van der Waals surface area contributed by atoms with Gasteiger partial charge in [-0.2, -0.15) is 0 Å². The van der Waals surface area contributed by atoms with E-state index in [1.807, 2.05) is 31.2 Å². The predicted molar refractivity (Wildman–Crippen MR) is 80.3 cm³/mol. The van der Waals surface area contributed by atoms with Crippen LogP contribution in [0.1, 0.15) is 31.2 Å². The maximum atomic E-state index is 12.2. The standard InChI is InChI=1S/C15H20BrNO3/c1-2-15(8-18,9-19)17-14(20)13-7-12(13)10-4-3-5-11(16)6-10/h3-6,12-13,18-19H,2,7-9H2,1H3,(H,17,20). The summed E-state index contributed by atoms with van der Waals surface area (Å²) in [5.41, 5.74) is 0.247. The number of aliphatic hydroxyl groups excluding tert-OH is 2. The van der Waals surface area contributed by atoms with E-state index in [0.717, 1.165) is 16.5 Å². The summed E-state index contributed by atoms with van der Waals surface area (Å²) in [6.07, 6.45) is 1.32. The number of benzene rings is 1. The van der Waals surface area contributed by atoms with Gasteiger partial charge < -0.3 is 15.5 Å². The first kappa shape index (κ1) is 15.5. The van der Waals surface area contributed by atoms with Crippen molar-refractivity contribution in [2.45, 2.75) is 31.2 Å². The second-order valence-electron chi connectivity index (χ2n) is 5.44. The minimum Gasteiger partial charge on any atom is -0.394 e. The monoisotopic (exact) mass is 341 g/mol. The van der Waals surface area contributed by atoms with Crippen molar-refractivity contribution in [1.82, 2.24) is 5.32 Å². The van der Waals surface area contributed by atoms with Crippen molar-refractivity contribution >= 4 is 21.8 Å². The SMILES string of the molecule is CCC(CO)(CO)NC(=O)C1CC1c1cccc(Br)c1. The van der Waals surface area contributed by atoms with E-state index < -0.39 is 5.54 Å². The van der Waals surface area contributed by atoms with Crippen molar-refractivity contribution in [3.05, 3.63) is 34.3 Å². The Kier molecular flexibility index (Phi) is 4.83. The van der Waals surface area contributed by atoms with Crippen LogP contribution in [-0.4, -0.2) is 34.9 Å². The normalized spacial score (nSPS) is 21.6. The van der Waals surface area contributed by atoms with E-state index in [-0.39, 0.29) is 31.0 Å². The van der Waals surface area contributed by atoms with E-state index in [4.69, 9.17) is 0 Å². The van der Waals surface area contributed by atoms with Crippen LogP contribution in [-0.2, 0) is 4.79 Å². The van der Waals surface area contributed by atoms with Gasteiger partial charge in [0.1, 0.15) is 0 Å². The molecule has 2 unspecified atom stereocenters. The van der Waals surface area contributed by atoms with Gasteiger partial charge in [-0.3, -0.25) is 4.79 Å². The van der Waals surface area contributed by atoms with Gasteiger partial charge in [-0.25, -0.2) is 0 Å². The van der Waals surface area contributed by atoms with Gasteiger partial charge in [0.05, 0.1) is 18.8 Å². The van der Waals surface area contributed by atoms with Crippen LogP contribution in [0.4, 0.5) is 0 Å². The molecule has 1 saturated carbocycles. The Labute approximate surface area is 127 Å². The average molecular weight is 342 g/mol. The van der Waals surface area contributed by atoms with Crippen LogP contribution in [0.25, 0.3) is 0 Å². The molecule has 110 valence electrons. The highest BCUT2D eigenvalue weighted by atomic mass is 79.9. The zero-order valence-corrected chi connectivity index (χ0v) is 13.1. The Morgan fingerprint density at radius 3 is 2.70 bits per heavy atom. The van der Waals surface area contributed by atoms with Crippen molar-refractivity contribution in [3.63, 3.8) is 0 Å². The maximum absolute atomic E-state index is 12.2. The molecule has 0 bridgehead atoms. The zero-order valence-electron chi connectivity index (χ0n) is 11.5. The molecular formula is C15H20BrNO3. The molecule has 1 fully saturated rings. The van der Waals surface area contributed by atoms with Gasteiger partial charge in [0.15, 0.2) is 0 Å². The second kappa shape index (κ2) is 6.24. The molecule has 0 radical (unpaired) electrons. The summed E-state index contributed by atoms with van der Waals surface area (Å²) in [7, 11) is 0. The number of rotatable bonds is 6. The van der Waals surface area contributed by atoms with Crippen LogP contribution in [0.5, 0.6) is 0 Å². The number of halogens is 1. The topological polar surface area (TPSA) is 69.6 Å². The van der Waals surface area contributed by atoms with Gasteiger partial charge in [0.2, 0.25) is 5.91 Å². The molecule has 1 aliphatic rings. The molecule has 3 N–H and O–H groups in total. The van der Waals surface area contributed by atoms with Gasteiger partial charge in [0.25, 0.3) is 0 Å². The van der Waals surface area contributed by atoms with Crippen molar-refractivity contribution in [1.29, 1.82) is 0 Å². The largest absolute Gasteiger partial charge is 0.394 e. The molecule has 0 saturated heterocycles. The fraction of sp³-hybridized carbons (Fsp3) is 0.533. The third-order valence-corrected chi connectivity index (χ3v) is 4.57. The number of nitrogens with one attached hydrogen (secondary N) is 1. The molecular weight excluding hydrogens is 322 g/mol. The summed E-state index contributed by atoms with van der Waals surface area (Å²) in [4.78, 5) is 12.2. The minimum atomic E-state index is -0.901. The van der Waals surface area contributed by atoms with Crippen molar-refractivity contribution in [2.75, 3.05) is 13.2 Å². The molecule has 4 nitrogen and oxygen atoms in total. The summed E-state index contributed by atoms with van der Waals surface area (Å²) < 4.78 is 1.01. The molecule has 2 rings (SSSR count). The molecule has 1 aliphatic carbocycles. The molecule has 1 amide bonds. The van der Waals surface area contributed by atoms with Gasteiger partial charge in [0, 0.05) is 10.4 Å². The van der Waals surface area contributed by atoms with Crippen molar-refractivity contribution in [2.24, 2.45) is 5.92 Å². The minimum absolute atomic E-state index is 0.0617. The van der Waals surface area contributed by atoms with Gasteiger partial charge >= 0.3 is 0 Å². The third-order valence-electron chi connectivity index (χ3n) is 4.07. The van der Waals surface area contributed by atoms with Gasteiger partial charge in [-0.15, -0.1) is 0 Å². The fourth-order valence-corrected chi connectivity index (χ4v) is 2.80. The lowest BCUT2D eigenvalue weighted by Gasteiger charge is -2.29. The quantitative estimate of drug-likeness (QED) is 0.738. The Morgan fingerprint density at radius 2 is 2.15 bits per heavy atom. The lowest BCUT2D eigenvalue weighted by atomic mass is 9.98. The molecule has 1 aromatic rings. The number of carbonyl (C=O) groups excluding carboxylic acids is 1. The third kappa shape index (κ3) is 3.22. The van der Waals surface area contributed by atoms with E-state index in [0.29, 0.717) is 6.42 Å². The van der Waals surface area contributed by atoms with Crippen LogP contribution in [0.15, 0.2) is 28.7 Å². The lowest BCUT2D eigenvalue weighted by Crippen LogP contribution is -2.54. The second-order valence-corrected chi connectivity index (χ2v) is 6.36. The predicted octanol–water partition coefficient (Wildman–Crippen LogP) is 1.80. The summed E-state index contributed by atoms with van der Waals surface area (Å²) in [6.45, 7) is 1.34. The lowest BCUT2D eigenvalue weighted by molar-refractivity contribution is -0.125. The Morgan fingerprint density at radius 1 is 1.45 bits per heavy atom. The van der Waals surface area contributed by atoms with Crippen LogP contribution < -0.4 is 5.32 Å².